The number of amides is 1. The number of hydrogen-bond acceptors (Lipinski definition) is 5. The third kappa shape index (κ3) is 3.34. The first-order valence-electron chi connectivity index (χ1n) is 8.81. The van der Waals surface area contributed by atoms with Crippen molar-refractivity contribution in [2.75, 3.05) is 33.2 Å². The molecule has 26 heavy (non-hydrogen) atoms. The number of fused-ring (bicyclic) bond motifs is 1. The Morgan fingerprint density at radius 1 is 1.12 bits per heavy atom. The van der Waals surface area contributed by atoms with Gasteiger partial charge in [-0.15, -0.1) is 0 Å². The van der Waals surface area contributed by atoms with Gasteiger partial charge in [0.15, 0.2) is 5.76 Å². The van der Waals surface area contributed by atoms with Crippen molar-refractivity contribution in [2.45, 2.75) is 6.92 Å². The van der Waals surface area contributed by atoms with Gasteiger partial charge in [0.1, 0.15) is 11.5 Å². The highest BCUT2D eigenvalue weighted by atomic mass is 16.3. The van der Waals surface area contributed by atoms with E-state index in [1.165, 1.54) is 0 Å². The molecule has 1 aromatic carbocycles. The van der Waals surface area contributed by atoms with Crippen molar-refractivity contribution in [2.24, 2.45) is 0 Å². The number of nitrogens with one attached hydrogen (secondary N) is 1. The molecule has 1 aliphatic rings. The number of nitrogens with zero attached hydrogens (tertiary/aromatic N) is 3. The first-order valence-corrected chi connectivity index (χ1v) is 8.81. The molecule has 0 bridgehead atoms. The predicted molar refractivity (Wildman–Crippen MR) is 101 cm³/mol. The van der Waals surface area contributed by atoms with E-state index in [4.69, 9.17) is 4.42 Å². The Labute approximate surface area is 152 Å². The summed E-state index contributed by atoms with van der Waals surface area (Å²) in [5.74, 6) is 1.37. The molecule has 0 radical (unpaired) electrons. The van der Waals surface area contributed by atoms with Crippen molar-refractivity contribution < 1.29 is 9.21 Å². The van der Waals surface area contributed by atoms with E-state index < -0.39 is 0 Å². The Bertz CT molecular complexity index is 942. The summed E-state index contributed by atoms with van der Waals surface area (Å²) in [6.45, 7) is 5.40. The maximum atomic E-state index is 13.0. The number of benzene rings is 1. The number of hydrazine groups is 1. The molecule has 6 nitrogen and oxygen atoms in total. The van der Waals surface area contributed by atoms with Crippen LogP contribution in [0.3, 0.4) is 0 Å². The molecule has 1 saturated heterocycles. The van der Waals surface area contributed by atoms with Crippen LogP contribution in [0.4, 0.5) is 0 Å². The smallest absolute Gasteiger partial charge is 0.266 e. The standard InChI is InChI=1S/C20H22N4O2/c1-14-7-8-19(26-14)18-13-16(15-5-3-4-6-17(15)21-18)20(25)22-24-11-9-23(2)10-12-24/h3-8,13H,9-12H2,1-2H3,(H,22,25). The highest BCUT2D eigenvalue weighted by Gasteiger charge is 2.19. The molecule has 0 atom stereocenters. The molecule has 1 fully saturated rings. The maximum absolute atomic E-state index is 13.0. The van der Waals surface area contributed by atoms with Crippen LogP contribution in [0.1, 0.15) is 16.1 Å². The van der Waals surface area contributed by atoms with E-state index in [0.29, 0.717) is 17.0 Å². The normalized spacial score (nSPS) is 16.1. The van der Waals surface area contributed by atoms with Crippen LogP contribution < -0.4 is 5.43 Å². The molecule has 6 heteroatoms. The topological polar surface area (TPSA) is 61.6 Å². The predicted octanol–water partition coefficient (Wildman–Crippen LogP) is 2.70. The van der Waals surface area contributed by atoms with Gasteiger partial charge in [-0.25, -0.2) is 9.99 Å². The van der Waals surface area contributed by atoms with Gasteiger partial charge in [-0.05, 0) is 38.2 Å². The number of aromatic nitrogens is 1. The Kier molecular flexibility index (Phi) is 4.44. The Morgan fingerprint density at radius 2 is 1.88 bits per heavy atom. The second-order valence-electron chi connectivity index (χ2n) is 6.71. The van der Waals surface area contributed by atoms with Crippen LogP contribution in [-0.4, -0.2) is 54.0 Å². The zero-order valence-corrected chi connectivity index (χ0v) is 15.0. The highest BCUT2D eigenvalue weighted by Crippen LogP contribution is 2.26. The molecule has 3 aromatic rings. The van der Waals surface area contributed by atoms with E-state index in [1.54, 1.807) is 0 Å². The average Bonchev–Trinajstić information content (AvgIpc) is 3.09. The third-order valence-electron chi connectivity index (χ3n) is 4.72. The molecule has 0 saturated carbocycles. The second kappa shape index (κ2) is 6.90. The van der Waals surface area contributed by atoms with Gasteiger partial charge in [0.2, 0.25) is 0 Å². The third-order valence-corrected chi connectivity index (χ3v) is 4.72. The molecular formula is C20H22N4O2. The fourth-order valence-corrected chi connectivity index (χ4v) is 3.18. The van der Waals surface area contributed by atoms with Crippen LogP contribution >= 0.6 is 0 Å². The number of rotatable bonds is 3. The zero-order chi connectivity index (χ0) is 18.1. The van der Waals surface area contributed by atoms with Gasteiger partial charge in [-0.3, -0.25) is 10.2 Å². The van der Waals surface area contributed by atoms with Crippen LogP contribution in [0, 0.1) is 6.92 Å². The van der Waals surface area contributed by atoms with Gasteiger partial charge < -0.3 is 9.32 Å². The van der Waals surface area contributed by atoms with Gasteiger partial charge in [0.25, 0.3) is 5.91 Å². The van der Waals surface area contributed by atoms with Crippen LogP contribution in [0.15, 0.2) is 46.9 Å². The number of para-hydroxylation sites is 1. The molecule has 1 amide bonds. The van der Waals surface area contributed by atoms with Gasteiger partial charge in [0, 0.05) is 31.6 Å². The van der Waals surface area contributed by atoms with Crippen LogP contribution in [0.5, 0.6) is 0 Å². The molecule has 134 valence electrons. The number of likely N-dealkylation sites (N-methyl/N-ethyl adjacent to an activating group) is 1. The lowest BCUT2D eigenvalue weighted by Crippen LogP contribution is -2.52. The monoisotopic (exact) mass is 350 g/mol. The van der Waals surface area contributed by atoms with Gasteiger partial charge in [0.05, 0.1) is 11.1 Å². The first kappa shape index (κ1) is 16.8. The summed E-state index contributed by atoms with van der Waals surface area (Å²) < 4.78 is 5.70. The van der Waals surface area contributed by atoms with Crippen LogP contribution in [0.2, 0.25) is 0 Å². The largest absolute Gasteiger partial charge is 0.460 e. The van der Waals surface area contributed by atoms with Crippen LogP contribution in [-0.2, 0) is 0 Å². The average molecular weight is 350 g/mol. The van der Waals surface area contributed by atoms with E-state index >= 15 is 0 Å². The molecular weight excluding hydrogens is 328 g/mol. The molecule has 1 N–H and O–H groups in total. The van der Waals surface area contributed by atoms with E-state index in [2.05, 4.69) is 22.4 Å². The number of carbonyl (C=O) groups excluding carboxylic acids is 1. The number of carbonyl (C=O) groups is 1. The van der Waals surface area contributed by atoms with Crippen molar-refractivity contribution in [1.29, 1.82) is 0 Å². The van der Waals surface area contributed by atoms with Crippen LogP contribution in [0.25, 0.3) is 22.4 Å². The van der Waals surface area contributed by atoms with Crippen molar-refractivity contribution in [3.05, 3.63) is 53.8 Å². The summed E-state index contributed by atoms with van der Waals surface area (Å²) in [7, 11) is 2.09. The highest BCUT2D eigenvalue weighted by molar-refractivity contribution is 6.06. The van der Waals surface area contributed by atoms with E-state index in [0.717, 1.165) is 42.8 Å². The minimum atomic E-state index is -0.113. The number of hydrogen-bond donors (Lipinski definition) is 1. The number of pyridine rings is 1. The summed E-state index contributed by atoms with van der Waals surface area (Å²) in [5, 5.41) is 2.82. The minimum Gasteiger partial charge on any atom is -0.460 e. The Morgan fingerprint density at radius 3 is 2.62 bits per heavy atom. The quantitative estimate of drug-likeness (QED) is 0.787. The van der Waals surface area contributed by atoms with Gasteiger partial charge in [-0.1, -0.05) is 18.2 Å². The van der Waals surface area contributed by atoms with E-state index in [1.807, 2.05) is 54.4 Å². The molecule has 0 spiro atoms. The second-order valence-corrected chi connectivity index (χ2v) is 6.71. The van der Waals surface area contributed by atoms with Gasteiger partial charge >= 0.3 is 0 Å². The molecule has 4 rings (SSSR count). The molecule has 0 unspecified atom stereocenters. The summed E-state index contributed by atoms with van der Waals surface area (Å²) >= 11 is 0. The zero-order valence-electron chi connectivity index (χ0n) is 15.0. The number of piperazine rings is 1. The van der Waals surface area contributed by atoms with E-state index in [9.17, 15) is 4.79 Å². The summed E-state index contributed by atoms with van der Waals surface area (Å²) in [5.41, 5.74) is 5.10. The van der Waals surface area contributed by atoms with Crippen molar-refractivity contribution in [1.82, 2.24) is 20.3 Å². The lowest BCUT2D eigenvalue weighted by molar-refractivity contribution is 0.0664. The fraction of sp³-hybridized carbons (Fsp3) is 0.300. The van der Waals surface area contributed by atoms with Crippen molar-refractivity contribution >= 4 is 16.8 Å². The SMILES string of the molecule is Cc1ccc(-c2cc(C(=O)NN3CCN(C)CC3)c3ccccc3n2)o1. The van der Waals surface area contributed by atoms with Crippen molar-refractivity contribution in [3.8, 4) is 11.5 Å². The molecule has 0 aliphatic carbocycles. The maximum Gasteiger partial charge on any atom is 0.266 e. The summed E-state index contributed by atoms with van der Waals surface area (Å²) in [4.78, 5) is 19.9. The van der Waals surface area contributed by atoms with E-state index in [-0.39, 0.29) is 5.91 Å². The Hall–Kier alpha value is -2.70. The lowest BCUT2D eigenvalue weighted by atomic mass is 10.1. The molecule has 3 heterocycles. The number of furan rings is 1. The molecule has 1 aliphatic heterocycles. The van der Waals surface area contributed by atoms with Crippen molar-refractivity contribution in [3.63, 3.8) is 0 Å². The fourth-order valence-electron chi connectivity index (χ4n) is 3.18. The Balaban J connectivity index is 1.69. The number of aryl methyl sites for hydroxylation is 1. The van der Waals surface area contributed by atoms with Gasteiger partial charge in [-0.2, -0.15) is 0 Å². The summed E-state index contributed by atoms with van der Waals surface area (Å²) in [6.07, 6.45) is 0. The molecule has 2 aromatic heterocycles. The first-order chi connectivity index (χ1) is 12.6. The summed E-state index contributed by atoms with van der Waals surface area (Å²) in [6, 6.07) is 13.3. The lowest BCUT2D eigenvalue weighted by Gasteiger charge is -2.32. The minimum absolute atomic E-state index is 0.113.